The Morgan fingerprint density at radius 1 is 0.906 bits per heavy atom. The van der Waals surface area contributed by atoms with Crippen LogP contribution in [0, 0.1) is 24.0 Å². The fraction of sp³-hybridized carbons (Fsp3) is 0.273. The quantitative estimate of drug-likeness (QED) is 0.431. The summed E-state index contributed by atoms with van der Waals surface area (Å²) in [4.78, 5) is 12.5. The Morgan fingerprint density at radius 3 is 2.25 bits per heavy atom. The van der Waals surface area contributed by atoms with Gasteiger partial charge >= 0.3 is 0 Å². The van der Waals surface area contributed by atoms with Gasteiger partial charge in [0.15, 0.2) is 5.82 Å². The van der Waals surface area contributed by atoms with Crippen molar-refractivity contribution in [1.82, 2.24) is 14.5 Å². The molecular weight excluding hydrogens is 430 g/mol. The molecule has 0 atom stereocenters. The number of non-ortho nitro benzene ring substituents is 1. The second kappa shape index (κ2) is 8.64. The van der Waals surface area contributed by atoms with E-state index in [0.717, 1.165) is 22.9 Å². The van der Waals surface area contributed by atoms with Gasteiger partial charge in [0.25, 0.3) is 5.69 Å². The van der Waals surface area contributed by atoms with Crippen molar-refractivity contribution in [2.24, 2.45) is 0 Å². The number of anilines is 1. The molecule has 2 heterocycles. The van der Waals surface area contributed by atoms with Gasteiger partial charge in [-0.2, -0.15) is 4.31 Å². The molecule has 4 rings (SSSR count). The van der Waals surface area contributed by atoms with Crippen LogP contribution in [0.3, 0.4) is 0 Å². The molecule has 0 radical (unpaired) electrons. The number of nitro groups is 1. The van der Waals surface area contributed by atoms with Crippen molar-refractivity contribution >= 4 is 21.5 Å². The molecule has 10 heteroatoms. The first-order chi connectivity index (χ1) is 15.3. The standard InChI is InChI=1S/C22H23N5O4S/c1-16-5-3-4-6-19(16)20-9-10-22(24-23-20)25-11-13-26(14-12-25)32(30,31)21-15-18(27(28)29)8-7-17(21)2/h3-10,15H,11-14H2,1-2H3. The average molecular weight is 454 g/mol. The first-order valence-electron chi connectivity index (χ1n) is 10.2. The number of piperazine rings is 1. The number of sulfonamides is 1. The summed E-state index contributed by atoms with van der Waals surface area (Å²) >= 11 is 0. The molecule has 0 spiro atoms. The zero-order valence-electron chi connectivity index (χ0n) is 17.8. The highest BCUT2D eigenvalue weighted by Gasteiger charge is 2.31. The smallest absolute Gasteiger partial charge is 0.270 e. The predicted octanol–water partition coefficient (Wildman–Crippen LogP) is 3.18. The van der Waals surface area contributed by atoms with E-state index >= 15 is 0 Å². The molecule has 1 aromatic heterocycles. The van der Waals surface area contributed by atoms with E-state index in [4.69, 9.17) is 0 Å². The maximum atomic E-state index is 13.1. The summed E-state index contributed by atoms with van der Waals surface area (Å²) in [5.74, 6) is 0.686. The summed E-state index contributed by atoms with van der Waals surface area (Å²) in [7, 11) is -3.84. The van der Waals surface area contributed by atoms with Gasteiger partial charge < -0.3 is 4.90 Å². The number of nitrogens with zero attached hydrogens (tertiary/aromatic N) is 5. The van der Waals surface area contributed by atoms with Crippen LogP contribution < -0.4 is 4.90 Å². The molecule has 0 saturated carbocycles. The van der Waals surface area contributed by atoms with Crippen LogP contribution in [0.4, 0.5) is 11.5 Å². The summed E-state index contributed by atoms with van der Waals surface area (Å²) in [6, 6.07) is 15.7. The van der Waals surface area contributed by atoms with E-state index in [1.54, 1.807) is 6.92 Å². The van der Waals surface area contributed by atoms with Crippen molar-refractivity contribution in [2.75, 3.05) is 31.1 Å². The second-order valence-electron chi connectivity index (χ2n) is 7.69. The minimum atomic E-state index is -3.84. The lowest BCUT2D eigenvalue weighted by atomic mass is 10.1. The van der Waals surface area contributed by atoms with Crippen LogP contribution in [0.5, 0.6) is 0 Å². The van der Waals surface area contributed by atoms with Crippen LogP contribution in [0.2, 0.25) is 0 Å². The first kappa shape index (κ1) is 21.8. The number of aryl methyl sites for hydroxylation is 2. The van der Waals surface area contributed by atoms with Crippen LogP contribution in [0.25, 0.3) is 11.3 Å². The third kappa shape index (κ3) is 4.19. The molecule has 1 aliphatic heterocycles. The molecule has 0 amide bonds. The highest BCUT2D eigenvalue weighted by atomic mass is 32.2. The molecule has 0 bridgehead atoms. The van der Waals surface area contributed by atoms with Gasteiger partial charge in [0.1, 0.15) is 0 Å². The summed E-state index contributed by atoms with van der Waals surface area (Å²) in [5, 5.41) is 19.8. The summed E-state index contributed by atoms with van der Waals surface area (Å²) in [6.45, 7) is 5.07. The molecule has 32 heavy (non-hydrogen) atoms. The van der Waals surface area contributed by atoms with Crippen LogP contribution in [-0.2, 0) is 10.0 Å². The lowest BCUT2D eigenvalue weighted by molar-refractivity contribution is -0.385. The van der Waals surface area contributed by atoms with Gasteiger partial charge in [0.2, 0.25) is 10.0 Å². The molecular formula is C22H23N5O4S. The van der Waals surface area contributed by atoms with E-state index in [-0.39, 0.29) is 23.7 Å². The van der Waals surface area contributed by atoms with Crippen LogP contribution >= 0.6 is 0 Å². The second-order valence-corrected chi connectivity index (χ2v) is 9.60. The van der Waals surface area contributed by atoms with E-state index in [1.165, 1.54) is 16.4 Å². The van der Waals surface area contributed by atoms with Crippen molar-refractivity contribution in [3.05, 3.63) is 75.8 Å². The summed E-state index contributed by atoms with van der Waals surface area (Å²) < 4.78 is 27.6. The highest BCUT2D eigenvalue weighted by Crippen LogP contribution is 2.27. The van der Waals surface area contributed by atoms with Crippen LogP contribution in [-0.4, -0.2) is 54.0 Å². The SMILES string of the molecule is Cc1ccccc1-c1ccc(N2CCN(S(=O)(=O)c3cc([N+](=O)[O-])ccc3C)CC2)nn1. The number of hydrogen-bond donors (Lipinski definition) is 0. The van der Waals surface area contributed by atoms with Crippen molar-refractivity contribution in [3.8, 4) is 11.3 Å². The third-order valence-corrected chi connectivity index (χ3v) is 7.68. The average Bonchev–Trinajstić information content (AvgIpc) is 2.79. The molecule has 0 unspecified atom stereocenters. The monoisotopic (exact) mass is 453 g/mol. The van der Waals surface area contributed by atoms with Crippen molar-refractivity contribution in [1.29, 1.82) is 0 Å². The number of rotatable bonds is 5. The van der Waals surface area contributed by atoms with Gasteiger partial charge in [-0.1, -0.05) is 30.3 Å². The summed E-state index contributed by atoms with van der Waals surface area (Å²) in [5.41, 5.74) is 3.17. The molecule has 0 N–H and O–H groups in total. The third-order valence-electron chi connectivity index (χ3n) is 5.63. The molecule has 166 valence electrons. The van der Waals surface area contributed by atoms with Gasteiger partial charge in [-0.15, -0.1) is 10.2 Å². The van der Waals surface area contributed by atoms with E-state index in [9.17, 15) is 18.5 Å². The van der Waals surface area contributed by atoms with Gasteiger partial charge in [-0.3, -0.25) is 10.1 Å². The summed E-state index contributed by atoms with van der Waals surface area (Å²) in [6.07, 6.45) is 0. The Bertz CT molecular complexity index is 1250. The lowest BCUT2D eigenvalue weighted by Crippen LogP contribution is -2.49. The van der Waals surface area contributed by atoms with Gasteiger partial charge in [-0.05, 0) is 37.1 Å². The van der Waals surface area contributed by atoms with Gasteiger partial charge in [0.05, 0.1) is 15.5 Å². The highest BCUT2D eigenvalue weighted by molar-refractivity contribution is 7.89. The molecule has 1 aliphatic rings. The van der Waals surface area contributed by atoms with Crippen molar-refractivity contribution in [2.45, 2.75) is 18.7 Å². The first-order valence-corrected chi connectivity index (χ1v) is 11.6. The van der Waals surface area contributed by atoms with Crippen molar-refractivity contribution in [3.63, 3.8) is 0 Å². The normalized spacial score (nSPS) is 15.0. The minimum Gasteiger partial charge on any atom is -0.352 e. The maximum absolute atomic E-state index is 13.1. The zero-order chi connectivity index (χ0) is 22.9. The fourth-order valence-corrected chi connectivity index (χ4v) is 5.44. The topological polar surface area (TPSA) is 110 Å². The lowest BCUT2D eigenvalue weighted by Gasteiger charge is -2.34. The number of benzene rings is 2. The Balaban J connectivity index is 1.48. The number of nitro benzene ring substituents is 1. The minimum absolute atomic E-state index is 0.0254. The van der Waals surface area contributed by atoms with E-state index < -0.39 is 14.9 Å². The largest absolute Gasteiger partial charge is 0.352 e. The number of aromatic nitrogens is 2. The maximum Gasteiger partial charge on any atom is 0.270 e. The Hall–Kier alpha value is -3.37. The number of hydrogen-bond acceptors (Lipinski definition) is 7. The van der Waals surface area contributed by atoms with E-state index in [2.05, 4.69) is 10.2 Å². The molecule has 9 nitrogen and oxygen atoms in total. The fourth-order valence-electron chi connectivity index (χ4n) is 3.77. The Labute approximate surface area is 186 Å². The predicted molar refractivity (Wildman–Crippen MR) is 121 cm³/mol. The van der Waals surface area contributed by atoms with Crippen LogP contribution in [0.1, 0.15) is 11.1 Å². The van der Waals surface area contributed by atoms with E-state index in [0.29, 0.717) is 24.5 Å². The molecule has 0 aliphatic carbocycles. The molecule has 3 aromatic rings. The van der Waals surface area contributed by atoms with Crippen LogP contribution in [0.15, 0.2) is 59.5 Å². The molecule has 2 aromatic carbocycles. The Kier molecular flexibility index (Phi) is 5.90. The molecule has 1 fully saturated rings. The van der Waals surface area contributed by atoms with E-state index in [1.807, 2.05) is 48.2 Å². The zero-order valence-corrected chi connectivity index (χ0v) is 18.6. The Morgan fingerprint density at radius 2 is 1.62 bits per heavy atom. The van der Waals surface area contributed by atoms with Crippen molar-refractivity contribution < 1.29 is 13.3 Å². The van der Waals surface area contributed by atoms with Gasteiger partial charge in [-0.25, -0.2) is 8.42 Å². The molecule has 1 saturated heterocycles. The van der Waals surface area contributed by atoms with Gasteiger partial charge in [0, 0.05) is 43.9 Å².